The van der Waals surface area contributed by atoms with Gasteiger partial charge in [0.25, 0.3) is 0 Å². The van der Waals surface area contributed by atoms with Gasteiger partial charge in [-0.2, -0.15) is 0 Å². The fourth-order valence-corrected chi connectivity index (χ4v) is 2.42. The molecule has 2 aromatic carbocycles. The highest BCUT2D eigenvalue weighted by molar-refractivity contribution is 6.12. The van der Waals surface area contributed by atoms with Crippen molar-refractivity contribution in [3.8, 4) is 5.75 Å². The number of ether oxygens (including phenoxy) is 1. The molecule has 0 saturated heterocycles. The van der Waals surface area contributed by atoms with Gasteiger partial charge in [-0.25, -0.2) is 0 Å². The average molecular weight is 358 g/mol. The lowest BCUT2D eigenvalue weighted by Gasteiger charge is -2.05. The van der Waals surface area contributed by atoms with Crippen molar-refractivity contribution < 1.29 is 14.3 Å². The maximum Gasteiger partial charge on any atom is 0.193 e. The first-order valence-corrected chi connectivity index (χ1v) is 8.46. The fourth-order valence-electron chi connectivity index (χ4n) is 2.42. The molecule has 0 unspecified atom stereocenters. The van der Waals surface area contributed by atoms with Gasteiger partial charge >= 0.3 is 0 Å². The van der Waals surface area contributed by atoms with Gasteiger partial charge in [-0.05, 0) is 31.2 Å². The van der Waals surface area contributed by atoms with Crippen molar-refractivity contribution in [3.63, 3.8) is 0 Å². The lowest BCUT2D eigenvalue weighted by molar-refractivity contribution is 0.102. The number of benzene rings is 2. The van der Waals surface area contributed by atoms with Crippen LogP contribution in [0.15, 0.2) is 97.1 Å². The summed E-state index contributed by atoms with van der Waals surface area (Å²) in [4.78, 5) is 25.0. The molecule has 3 heteroatoms. The second-order valence-corrected chi connectivity index (χ2v) is 5.97. The summed E-state index contributed by atoms with van der Waals surface area (Å²) in [6.07, 6.45) is 7.01. The summed E-state index contributed by atoms with van der Waals surface area (Å²) in [7, 11) is 1.58. The van der Waals surface area contributed by atoms with Crippen LogP contribution in [0.2, 0.25) is 0 Å². The van der Waals surface area contributed by atoms with Crippen molar-refractivity contribution in [3.05, 3.63) is 114 Å². The van der Waals surface area contributed by atoms with Gasteiger partial charge in [-0.1, -0.05) is 67.3 Å². The number of allylic oxidation sites excluding steroid dienone is 6. The van der Waals surface area contributed by atoms with E-state index in [0.717, 1.165) is 5.57 Å². The zero-order chi connectivity index (χ0) is 19.8. The van der Waals surface area contributed by atoms with Gasteiger partial charge in [0, 0.05) is 22.3 Å². The molecule has 0 heterocycles. The van der Waals surface area contributed by atoms with Crippen LogP contribution in [0.5, 0.6) is 5.75 Å². The van der Waals surface area contributed by atoms with Crippen LogP contribution in [-0.2, 0) is 0 Å². The molecule has 0 aromatic heterocycles. The van der Waals surface area contributed by atoms with Crippen molar-refractivity contribution in [1.82, 2.24) is 0 Å². The molecular formula is C24H22O3. The van der Waals surface area contributed by atoms with E-state index < -0.39 is 0 Å². The smallest absolute Gasteiger partial charge is 0.193 e. The maximum atomic E-state index is 12.5. The highest BCUT2D eigenvalue weighted by atomic mass is 16.5. The molecule has 0 spiro atoms. The quantitative estimate of drug-likeness (QED) is 0.363. The van der Waals surface area contributed by atoms with E-state index >= 15 is 0 Å². The zero-order valence-electron chi connectivity index (χ0n) is 15.6. The van der Waals surface area contributed by atoms with E-state index in [1.165, 1.54) is 0 Å². The van der Waals surface area contributed by atoms with E-state index in [9.17, 15) is 9.59 Å². The number of methoxy groups -OCH3 is 1. The predicted molar refractivity (Wildman–Crippen MR) is 109 cm³/mol. The Morgan fingerprint density at radius 2 is 1.41 bits per heavy atom. The van der Waals surface area contributed by atoms with Gasteiger partial charge in [-0.3, -0.25) is 9.59 Å². The molecular weight excluding hydrogens is 336 g/mol. The number of hydrogen-bond donors (Lipinski definition) is 0. The Morgan fingerprint density at radius 3 is 1.93 bits per heavy atom. The summed E-state index contributed by atoms with van der Waals surface area (Å²) in [6.45, 7) is 9.36. The molecule has 27 heavy (non-hydrogen) atoms. The van der Waals surface area contributed by atoms with Gasteiger partial charge in [0.1, 0.15) is 5.75 Å². The number of Topliss-reactive ketones (excluding diaryl/α,β-unsaturated/α-hetero) is 1. The monoisotopic (exact) mass is 358 g/mol. The Morgan fingerprint density at radius 1 is 0.889 bits per heavy atom. The van der Waals surface area contributed by atoms with Gasteiger partial charge in [0.05, 0.1) is 7.11 Å². The van der Waals surface area contributed by atoms with Crippen LogP contribution in [0.1, 0.15) is 33.2 Å². The van der Waals surface area contributed by atoms with E-state index in [1.807, 2.05) is 19.1 Å². The molecule has 0 radical (unpaired) electrons. The molecule has 0 aliphatic rings. The molecule has 0 fully saturated rings. The van der Waals surface area contributed by atoms with Gasteiger partial charge in [0.15, 0.2) is 11.6 Å². The Labute approximate surface area is 160 Å². The first-order chi connectivity index (χ1) is 13.0. The number of rotatable bonds is 8. The molecule has 2 rings (SSSR count). The van der Waals surface area contributed by atoms with Crippen LogP contribution in [0.25, 0.3) is 0 Å². The minimum Gasteiger partial charge on any atom is -0.497 e. The summed E-state index contributed by atoms with van der Waals surface area (Å²) >= 11 is 0. The first-order valence-electron chi connectivity index (χ1n) is 8.46. The lowest BCUT2D eigenvalue weighted by atomic mass is 9.98. The van der Waals surface area contributed by atoms with Gasteiger partial charge < -0.3 is 4.74 Å². The summed E-state index contributed by atoms with van der Waals surface area (Å²) in [5.41, 5.74) is 2.91. The van der Waals surface area contributed by atoms with Crippen LogP contribution in [0.3, 0.4) is 0 Å². The lowest BCUT2D eigenvalue weighted by Crippen LogP contribution is -2.04. The van der Waals surface area contributed by atoms with Crippen molar-refractivity contribution in [2.45, 2.75) is 6.92 Å². The van der Waals surface area contributed by atoms with Crippen LogP contribution in [-0.4, -0.2) is 18.7 Å². The molecule has 3 nitrogen and oxygen atoms in total. The van der Waals surface area contributed by atoms with Gasteiger partial charge in [-0.15, -0.1) is 0 Å². The average Bonchev–Trinajstić information content (AvgIpc) is 2.71. The highest BCUT2D eigenvalue weighted by Gasteiger charge is 2.12. The summed E-state index contributed by atoms with van der Waals surface area (Å²) in [5.74, 6) is 0.402. The topological polar surface area (TPSA) is 43.4 Å². The van der Waals surface area contributed by atoms with E-state index in [2.05, 4.69) is 13.2 Å². The van der Waals surface area contributed by atoms with Crippen molar-refractivity contribution >= 4 is 11.6 Å². The molecule has 0 atom stereocenters. The Kier molecular flexibility index (Phi) is 6.84. The van der Waals surface area contributed by atoms with E-state index in [4.69, 9.17) is 4.74 Å². The van der Waals surface area contributed by atoms with Crippen LogP contribution in [0.4, 0.5) is 0 Å². The van der Waals surface area contributed by atoms with E-state index in [-0.39, 0.29) is 11.6 Å². The summed E-state index contributed by atoms with van der Waals surface area (Å²) in [5, 5.41) is 0. The fraction of sp³-hybridized carbons (Fsp3) is 0.0833. The number of carbonyl (C=O) groups is 2. The third-order valence-electron chi connectivity index (χ3n) is 3.98. The minimum absolute atomic E-state index is 0.111. The predicted octanol–water partition coefficient (Wildman–Crippen LogP) is 5.35. The SMILES string of the molecule is C=C/C=C(C)\C=C/C(=C)C(=O)c1ccc(C(=O)c2ccc(OC)cc2)cc1. The standard InChI is InChI=1S/C24H22O3/c1-5-6-17(2)7-8-18(3)23(25)19-9-11-20(12-10-19)24(26)21-13-15-22(27-4)16-14-21/h5-16H,1,3H2,2,4H3/b8-7-,17-6-. The molecule has 0 N–H and O–H groups in total. The summed E-state index contributed by atoms with van der Waals surface area (Å²) < 4.78 is 5.10. The van der Waals surface area contributed by atoms with Crippen molar-refractivity contribution in [1.29, 1.82) is 0 Å². The molecule has 136 valence electrons. The largest absolute Gasteiger partial charge is 0.497 e. The van der Waals surface area contributed by atoms with Crippen LogP contribution in [0, 0.1) is 0 Å². The molecule has 2 aromatic rings. The summed E-state index contributed by atoms with van der Waals surface area (Å²) in [6, 6.07) is 13.5. The third kappa shape index (κ3) is 5.25. The molecule has 0 aliphatic carbocycles. The number of carbonyl (C=O) groups excluding carboxylic acids is 2. The number of ketones is 2. The normalized spacial score (nSPS) is 11.3. The molecule has 0 saturated carbocycles. The van der Waals surface area contributed by atoms with Crippen LogP contribution >= 0.6 is 0 Å². The van der Waals surface area contributed by atoms with E-state index in [1.54, 1.807) is 67.8 Å². The molecule has 0 aliphatic heterocycles. The Balaban J connectivity index is 2.12. The van der Waals surface area contributed by atoms with Crippen molar-refractivity contribution in [2.24, 2.45) is 0 Å². The third-order valence-corrected chi connectivity index (χ3v) is 3.98. The Bertz CT molecular complexity index is 911. The van der Waals surface area contributed by atoms with Gasteiger partial charge in [0.2, 0.25) is 0 Å². The maximum absolute atomic E-state index is 12.5. The number of hydrogen-bond acceptors (Lipinski definition) is 3. The molecule has 0 amide bonds. The van der Waals surface area contributed by atoms with Crippen molar-refractivity contribution in [2.75, 3.05) is 7.11 Å². The molecule has 0 bridgehead atoms. The second-order valence-electron chi connectivity index (χ2n) is 5.97. The second kappa shape index (κ2) is 9.30. The highest BCUT2D eigenvalue weighted by Crippen LogP contribution is 2.17. The Hall–Kier alpha value is -3.46. The minimum atomic E-state index is -0.180. The van der Waals surface area contributed by atoms with E-state index in [0.29, 0.717) is 28.0 Å². The zero-order valence-corrected chi connectivity index (χ0v) is 15.6. The first kappa shape index (κ1) is 19.9. The van der Waals surface area contributed by atoms with Crippen LogP contribution < -0.4 is 4.74 Å².